The largest absolute Gasteiger partial charge is 0.495 e. The molecule has 1 aliphatic rings. The maximum Gasteiger partial charge on any atom is 0.410 e. The van der Waals surface area contributed by atoms with Crippen LogP contribution >= 0.6 is 23.2 Å². The van der Waals surface area contributed by atoms with Gasteiger partial charge in [0.1, 0.15) is 36.0 Å². The molecule has 12 nitrogen and oxygen atoms in total. The molecule has 1 heterocycles. The van der Waals surface area contributed by atoms with Crippen molar-refractivity contribution in [3.05, 3.63) is 129 Å². The van der Waals surface area contributed by atoms with Crippen molar-refractivity contribution in [2.45, 2.75) is 57.2 Å². The molecule has 4 aromatic carbocycles. The van der Waals surface area contributed by atoms with Crippen molar-refractivity contribution in [3.63, 3.8) is 0 Å². The molecular weight excluding hydrogens is 797 g/mol. The molecule has 304 valence electrons. The minimum atomic E-state index is -1.85. The van der Waals surface area contributed by atoms with Crippen molar-refractivity contribution in [1.29, 1.82) is 5.26 Å². The van der Waals surface area contributed by atoms with Gasteiger partial charge in [0.05, 0.1) is 35.5 Å². The molecule has 0 unspecified atom stereocenters. The Morgan fingerprint density at radius 1 is 0.931 bits per heavy atom. The predicted octanol–water partition coefficient (Wildman–Crippen LogP) is 7.82. The van der Waals surface area contributed by atoms with Gasteiger partial charge in [0.2, 0.25) is 12.7 Å². The van der Waals surface area contributed by atoms with Gasteiger partial charge in [-0.3, -0.25) is 9.59 Å². The lowest BCUT2D eigenvalue weighted by molar-refractivity contribution is -0.143. The number of carbonyl (C=O) groups is 4. The number of carbonyl (C=O) groups excluding carboxylic acids is 4. The highest BCUT2D eigenvalue weighted by Gasteiger charge is 2.61. The van der Waals surface area contributed by atoms with Gasteiger partial charge >= 0.3 is 18.0 Å². The van der Waals surface area contributed by atoms with Gasteiger partial charge in [0.25, 0.3) is 0 Å². The average Bonchev–Trinajstić information content (AvgIpc) is 3.50. The lowest BCUT2D eigenvalue weighted by Crippen LogP contribution is -2.45. The fraction of sp³-hybridized carbons (Fsp3) is 0.310. The quantitative estimate of drug-likeness (QED) is 0.0893. The zero-order valence-electron chi connectivity index (χ0n) is 31.9. The van der Waals surface area contributed by atoms with Crippen LogP contribution in [0.2, 0.25) is 10.0 Å². The summed E-state index contributed by atoms with van der Waals surface area (Å²) in [7, 11) is 1.29. The van der Waals surface area contributed by atoms with Crippen LogP contribution in [0.25, 0.3) is 0 Å². The maximum absolute atomic E-state index is 16.0. The number of nitriles is 1. The number of ether oxygens (including phenoxy) is 4. The summed E-state index contributed by atoms with van der Waals surface area (Å²) < 4.78 is 52.4. The summed E-state index contributed by atoms with van der Waals surface area (Å²) in [6.45, 7) is 4.49. The molecule has 0 spiro atoms. The number of benzene rings is 4. The predicted molar refractivity (Wildman–Crippen MR) is 210 cm³/mol. The smallest absolute Gasteiger partial charge is 0.410 e. The van der Waals surface area contributed by atoms with Gasteiger partial charge in [-0.2, -0.15) is 5.26 Å². The molecule has 0 saturated carbocycles. The number of esters is 2. The van der Waals surface area contributed by atoms with Crippen LogP contribution in [-0.4, -0.2) is 56.5 Å². The Morgan fingerprint density at radius 3 is 2.34 bits per heavy atom. The molecule has 5 rings (SSSR count). The van der Waals surface area contributed by atoms with Gasteiger partial charge < -0.3 is 34.9 Å². The first-order valence-electron chi connectivity index (χ1n) is 17.9. The second-order valence-electron chi connectivity index (χ2n) is 14.6. The van der Waals surface area contributed by atoms with Crippen molar-refractivity contribution in [2.24, 2.45) is 5.41 Å². The molecule has 4 aromatic rings. The molecular formula is C42H40Cl2F2N4O8. The summed E-state index contributed by atoms with van der Waals surface area (Å²) in [6, 6.07) is 21.0. The molecule has 1 saturated heterocycles. The normalized spacial score (nSPS) is 18.7. The summed E-state index contributed by atoms with van der Waals surface area (Å²) in [5.74, 6) is -5.35. The molecule has 0 aromatic heterocycles. The van der Waals surface area contributed by atoms with Crippen molar-refractivity contribution in [2.75, 3.05) is 25.8 Å². The molecule has 2 amide bonds. The first-order chi connectivity index (χ1) is 27.6. The van der Waals surface area contributed by atoms with E-state index in [0.717, 1.165) is 11.6 Å². The van der Waals surface area contributed by atoms with Gasteiger partial charge in [-0.1, -0.05) is 92.5 Å². The van der Waals surface area contributed by atoms with Gasteiger partial charge in [0.15, 0.2) is 0 Å². The Kier molecular flexibility index (Phi) is 14.0. The lowest BCUT2D eigenvalue weighted by Gasteiger charge is -2.37. The number of nitrogens with one attached hydrogen (secondary N) is 3. The summed E-state index contributed by atoms with van der Waals surface area (Å²) in [5.41, 5.74) is -1.66. The zero-order valence-corrected chi connectivity index (χ0v) is 33.4. The summed E-state index contributed by atoms with van der Waals surface area (Å²) in [6.07, 6.45) is -0.779. The number of methoxy groups -OCH3 is 1. The minimum Gasteiger partial charge on any atom is -0.495 e. The van der Waals surface area contributed by atoms with Crippen molar-refractivity contribution < 1.29 is 46.9 Å². The van der Waals surface area contributed by atoms with E-state index in [-0.39, 0.29) is 51.2 Å². The topological polar surface area (TPSA) is 165 Å². The minimum absolute atomic E-state index is 0.0143. The average molecular weight is 838 g/mol. The molecule has 16 heteroatoms. The van der Waals surface area contributed by atoms with E-state index in [2.05, 4.69) is 22.0 Å². The molecule has 0 aliphatic carbocycles. The van der Waals surface area contributed by atoms with E-state index in [1.807, 2.05) is 26.8 Å². The Bertz CT molecular complexity index is 2220. The molecule has 1 fully saturated rings. The van der Waals surface area contributed by atoms with Gasteiger partial charge in [-0.05, 0) is 59.4 Å². The zero-order chi connectivity index (χ0) is 42.2. The first kappa shape index (κ1) is 43.4. The number of rotatable bonds is 13. The number of alkyl carbamates (subject to hydrolysis) is 1. The van der Waals surface area contributed by atoms with Crippen LogP contribution in [0.4, 0.5) is 19.3 Å². The first-order valence-corrected chi connectivity index (χ1v) is 18.7. The number of amides is 2. The Balaban J connectivity index is 1.33. The third-order valence-electron chi connectivity index (χ3n) is 9.43. The summed E-state index contributed by atoms with van der Waals surface area (Å²) >= 11 is 12.3. The standard InChI is InChI=1S/C42H40Cl2F2N4O8/c1-41(2,3)19-33-42(22-47,28-15-14-26(43)18-30(28)45)35(27-11-8-12-29(44)36(27)46)37(50-33)38(52)49-31-16-13-25(17-32(31)55-4)39(53)57-23-58-40(54)48-20-34(51)56-21-24-9-6-5-7-10-24/h5-18,33,35,37,50H,19-21,23H2,1-4H3,(H,48,54)(H,49,52)/t33-,35-,37+,42-/m0/s1. The van der Waals surface area contributed by atoms with Crippen molar-refractivity contribution >= 4 is 52.8 Å². The fourth-order valence-electron chi connectivity index (χ4n) is 6.89. The molecule has 3 N–H and O–H groups in total. The Morgan fingerprint density at radius 2 is 1.67 bits per heavy atom. The van der Waals surface area contributed by atoms with Gasteiger partial charge in [-0.25, -0.2) is 18.4 Å². The lowest BCUT2D eigenvalue weighted by atomic mass is 9.62. The highest BCUT2D eigenvalue weighted by molar-refractivity contribution is 6.31. The molecule has 1 aliphatic heterocycles. The molecule has 4 atom stereocenters. The van der Waals surface area contributed by atoms with Gasteiger partial charge in [-0.15, -0.1) is 0 Å². The van der Waals surface area contributed by atoms with E-state index in [1.54, 1.807) is 24.3 Å². The SMILES string of the molecule is COc1cc(C(=O)OCOC(=O)NCC(=O)OCc2ccccc2)ccc1NC(=O)[C@@H]1N[C@@H](CC(C)(C)C)[C@](C#N)(c2ccc(Cl)cc2F)[C@H]1c1cccc(Cl)c1F. The number of anilines is 1. The third-order valence-corrected chi connectivity index (χ3v) is 9.95. The van der Waals surface area contributed by atoms with Gasteiger partial charge in [0, 0.05) is 22.5 Å². The Labute approximate surface area is 343 Å². The van der Waals surface area contributed by atoms with E-state index < -0.39 is 77.7 Å². The monoisotopic (exact) mass is 836 g/mol. The number of halogens is 4. The second kappa shape index (κ2) is 18.7. The summed E-state index contributed by atoms with van der Waals surface area (Å²) in [5, 5.41) is 19.1. The van der Waals surface area contributed by atoms with E-state index in [4.69, 9.17) is 42.1 Å². The van der Waals surface area contributed by atoms with Crippen LogP contribution in [0.3, 0.4) is 0 Å². The highest BCUT2D eigenvalue weighted by atomic mass is 35.5. The van der Waals surface area contributed by atoms with E-state index in [1.165, 1.54) is 55.6 Å². The molecule has 0 radical (unpaired) electrons. The fourth-order valence-corrected chi connectivity index (χ4v) is 7.23. The second-order valence-corrected chi connectivity index (χ2v) is 15.4. The van der Waals surface area contributed by atoms with Crippen LogP contribution in [-0.2, 0) is 35.8 Å². The van der Waals surface area contributed by atoms with Crippen LogP contribution in [0.5, 0.6) is 5.75 Å². The van der Waals surface area contributed by atoms with E-state index in [9.17, 15) is 24.4 Å². The van der Waals surface area contributed by atoms with E-state index >= 15 is 8.78 Å². The van der Waals surface area contributed by atoms with Crippen LogP contribution in [0.1, 0.15) is 60.2 Å². The molecule has 58 heavy (non-hydrogen) atoms. The maximum atomic E-state index is 16.0. The third kappa shape index (κ3) is 10.0. The Hall–Kier alpha value is -5.75. The number of hydrogen-bond acceptors (Lipinski definition) is 10. The summed E-state index contributed by atoms with van der Waals surface area (Å²) in [4.78, 5) is 51.2. The number of hydrogen-bond donors (Lipinski definition) is 3. The van der Waals surface area contributed by atoms with Crippen LogP contribution in [0, 0.1) is 28.4 Å². The van der Waals surface area contributed by atoms with Crippen LogP contribution < -0.4 is 20.7 Å². The number of nitrogens with zero attached hydrogens (tertiary/aromatic N) is 1. The van der Waals surface area contributed by atoms with Crippen molar-refractivity contribution in [1.82, 2.24) is 10.6 Å². The van der Waals surface area contributed by atoms with E-state index in [0.29, 0.717) is 0 Å². The molecule has 0 bridgehead atoms. The highest BCUT2D eigenvalue weighted by Crippen LogP contribution is 2.53. The van der Waals surface area contributed by atoms with Crippen LogP contribution in [0.15, 0.2) is 84.9 Å². The van der Waals surface area contributed by atoms with Crippen molar-refractivity contribution in [3.8, 4) is 11.8 Å².